The molecule has 16 heavy (non-hydrogen) atoms. The van der Waals surface area contributed by atoms with Crippen molar-refractivity contribution in [2.45, 2.75) is 6.04 Å². The number of fused-ring (bicyclic) bond motifs is 1. The smallest absolute Gasteiger partial charge is 0.168 e. The highest BCUT2D eigenvalue weighted by Crippen LogP contribution is 2.34. The largest absolute Gasteiger partial charge is 0.491 e. The van der Waals surface area contributed by atoms with Crippen LogP contribution in [-0.4, -0.2) is 22.4 Å². The number of carbonyl (C=O) groups is 1. The highest BCUT2D eigenvalue weighted by molar-refractivity contribution is 5.71. The Morgan fingerprint density at radius 3 is 3.19 bits per heavy atom. The molecule has 2 heterocycles. The van der Waals surface area contributed by atoms with E-state index in [2.05, 4.69) is 4.98 Å². The van der Waals surface area contributed by atoms with Gasteiger partial charge in [0.15, 0.2) is 6.29 Å². The number of aromatic nitrogens is 2. The van der Waals surface area contributed by atoms with Crippen molar-refractivity contribution in [3.05, 3.63) is 48.0 Å². The molecule has 0 saturated heterocycles. The molecule has 1 aliphatic heterocycles. The van der Waals surface area contributed by atoms with Crippen LogP contribution in [0, 0.1) is 0 Å². The molecular weight excluding hydrogens is 204 g/mol. The van der Waals surface area contributed by atoms with E-state index in [-0.39, 0.29) is 6.04 Å². The van der Waals surface area contributed by atoms with E-state index >= 15 is 0 Å². The van der Waals surface area contributed by atoms with Crippen molar-refractivity contribution in [1.29, 1.82) is 0 Å². The van der Waals surface area contributed by atoms with Crippen molar-refractivity contribution >= 4 is 6.29 Å². The van der Waals surface area contributed by atoms with E-state index in [9.17, 15) is 4.79 Å². The maximum atomic E-state index is 10.9. The van der Waals surface area contributed by atoms with Gasteiger partial charge in [-0.2, -0.15) is 0 Å². The summed E-state index contributed by atoms with van der Waals surface area (Å²) in [6.07, 6.45) is 4.04. The molecule has 0 fully saturated rings. The van der Waals surface area contributed by atoms with Crippen molar-refractivity contribution in [1.82, 2.24) is 9.55 Å². The molecule has 1 aromatic heterocycles. The summed E-state index contributed by atoms with van der Waals surface area (Å²) in [6.45, 7) is 0.552. The first-order chi connectivity index (χ1) is 7.90. The zero-order chi connectivity index (χ0) is 11.0. The third kappa shape index (κ3) is 1.23. The normalized spacial score (nSPS) is 17.9. The predicted molar refractivity (Wildman–Crippen MR) is 57.7 cm³/mol. The summed E-state index contributed by atoms with van der Waals surface area (Å²) in [5.41, 5.74) is 1.67. The van der Waals surface area contributed by atoms with Gasteiger partial charge >= 0.3 is 0 Å². The maximum absolute atomic E-state index is 10.9. The second-order valence-electron chi connectivity index (χ2n) is 3.71. The van der Waals surface area contributed by atoms with Crippen LogP contribution in [0.1, 0.15) is 22.1 Å². The first-order valence-electron chi connectivity index (χ1n) is 5.09. The van der Waals surface area contributed by atoms with E-state index < -0.39 is 0 Å². The molecule has 4 heteroatoms. The fourth-order valence-electron chi connectivity index (χ4n) is 2.04. The molecule has 0 radical (unpaired) electrons. The van der Waals surface area contributed by atoms with Crippen LogP contribution < -0.4 is 4.74 Å². The van der Waals surface area contributed by atoms with Gasteiger partial charge in [0, 0.05) is 5.56 Å². The number of carbonyl (C=O) groups excluding carboxylic acids is 1. The molecule has 1 aromatic carbocycles. The predicted octanol–water partition coefficient (Wildman–Crippen LogP) is 1.68. The minimum absolute atomic E-state index is 0.0545. The molecule has 1 atom stereocenters. The van der Waals surface area contributed by atoms with Crippen LogP contribution in [0.5, 0.6) is 5.75 Å². The molecule has 4 nitrogen and oxygen atoms in total. The van der Waals surface area contributed by atoms with Crippen LogP contribution in [0.2, 0.25) is 0 Å². The van der Waals surface area contributed by atoms with Crippen molar-refractivity contribution in [3.8, 4) is 5.75 Å². The lowest BCUT2D eigenvalue weighted by molar-refractivity contribution is 0.111. The highest BCUT2D eigenvalue weighted by atomic mass is 16.5. The van der Waals surface area contributed by atoms with Crippen LogP contribution in [-0.2, 0) is 0 Å². The molecule has 2 aromatic rings. The topological polar surface area (TPSA) is 44.1 Å². The number of imidazole rings is 1. The SMILES string of the molecule is O=Cc1cncn1C1COc2ccccc21. The lowest BCUT2D eigenvalue weighted by atomic mass is 10.1. The number of nitrogens with zero attached hydrogens (tertiary/aromatic N) is 2. The van der Waals surface area contributed by atoms with E-state index in [0.29, 0.717) is 12.3 Å². The molecule has 0 N–H and O–H groups in total. The maximum Gasteiger partial charge on any atom is 0.168 e. The summed E-state index contributed by atoms with van der Waals surface area (Å²) in [4.78, 5) is 14.8. The number of rotatable bonds is 2. The zero-order valence-electron chi connectivity index (χ0n) is 8.54. The van der Waals surface area contributed by atoms with Crippen molar-refractivity contribution in [3.63, 3.8) is 0 Å². The van der Waals surface area contributed by atoms with Gasteiger partial charge in [-0.05, 0) is 6.07 Å². The van der Waals surface area contributed by atoms with Gasteiger partial charge < -0.3 is 9.30 Å². The molecule has 1 aliphatic rings. The van der Waals surface area contributed by atoms with Gasteiger partial charge in [-0.3, -0.25) is 4.79 Å². The summed E-state index contributed by atoms with van der Waals surface area (Å²) in [5.74, 6) is 0.887. The fourth-order valence-corrected chi connectivity index (χ4v) is 2.04. The molecule has 3 rings (SSSR count). The second-order valence-corrected chi connectivity index (χ2v) is 3.71. The Morgan fingerprint density at radius 1 is 1.44 bits per heavy atom. The number of hydrogen-bond donors (Lipinski definition) is 0. The van der Waals surface area contributed by atoms with Gasteiger partial charge in [-0.15, -0.1) is 0 Å². The van der Waals surface area contributed by atoms with Gasteiger partial charge in [0.05, 0.1) is 18.6 Å². The number of benzene rings is 1. The molecule has 0 bridgehead atoms. The van der Waals surface area contributed by atoms with Crippen LogP contribution in [0.4, 0.5) is 0 Å². The summed E-state index contributed by atoms with van der Waals surface area (Å²) < 4.78 is 7.42. The van der Waals surface area contributed by atoms with E-state index in [0.717, 1.165) is 17.6 Å². The number of hydrogen-bond acceptors (Lipinski definition) is 3. The first kappa shape index (κ1) is 9.15. The van der Waals surface area contributed by atoms with Crippen molar-refractivity contribution in [2.75, 3.05) is 6.61 Å². The Balaban J connectivity index is 2.08. The molecule has 80 valence electrons. The molecule has 0 amide bonds. The minimum Gasteiger partial charge on any atom is -0.491 e. The highest BCUT2D eigenvalue weighted by Gasteiger charge is 2.26. The second kappa shape index (κ2) is 3.48. The third-order valence-electron chi connectivity index (χ3n) is 2.83. The van der Waals surface area contributed by atoms with Crippen LogP contribution in [0.25, 0.3) is 0 Å². The lowest BCUT2D eigenvalue weighted by Gasteiger charge is -2.11. The Labute approximate surface area is 92.5 Å². The molecule has 1 unspecified atom stereocenters. The number of ether oxygens (including phenoxy) is 1. The van der Waals surface area contributed by atoms with Gasteiger partial charge in [-0.1, -0.05) is 18.2 Å². The summed E-state index contributed by atoms with van der Waals surface area (Å²) in [6, 6.07) is 7.92. The van der Waals surface area contributed by atoms with Gasteiger partial charge in [-0.25, -0.2) is 4.98 Å². The van der Waals surface area contributed by atoms with Crippen molar-refractivity contribution in [2.24, 2.45) is 0 Å². The quantitative estimate of drug-likeness (QED) is 0.714. The minimum atomic E-state index is 0.0545. The Bertz CT molecular complexity index is 533. The van der Waals surface area contributed by atoms with E-state index in [1.807, 2.05) is 28.8 Å². The number of aldehydes is 1. The third-order valence-corrected chi connectivity index (χ3v) is 2.83. The average Bonchev–Trinajstić information content (AvgIpc) is 2.94. The Hall–Kier alpha value is -2.10. The first-order valence-corrected chi connectivity index (χ1v) is 5.09. The Kier molecular flexibility index (Phi) is 1.99. The van der Waals surface area contributed by atoms with Crippen LogP contribution in [0.15, 0.2) is 36.8 Å². The van der Waals surface area contributed by atoms with Gasteiger partial charge in [0.1, 0.15) is 18.1 Å². The zero-order valence-corrected chi connectivity index (χ0v) is 8.54. The van der Waals surface area contributed by atoms with Gasteiger partial charge in [0.25, 0.3) is 0 Å². The van der Waals surface area contributed by atoms with Crippen molar-refractivity contribution < 1.29 is 9.53 Å². The standard InChI is InChI=1S/C12H10N2O2/c15-6-9-5-13-8-14(9)11-7-16-12-4-2-1-3-10(11)12/h1-6,8,11H,7H2. The van der Waals surface area contributed by atoms with Crippen LogP contribution in [0.3, 0.4) is 0 Å². The molecule has 0 spiro atoms. The summed E-state index contributed by atoms with van der Waals surface area (Å²) >= 11 is 0. The molecule has 0 saturated carbocycles. The molecule has 0 aliphatic carbocycles. The lowest BCUT2D eigenvalue weighted by Crippen LogP contribution is -2.13. The monoisotopic (exact) mass is 214 g/mol. The van der Waals surface area contributed by atoms with E-state index in [1.54, 1.807) is 12.5 Å². The molecular formula is C12H10N2O2. The van der Waals surface area contributed by atoms with Crippen LogP contribution >= 0.6 is 0 Å². The number of para-hydroxylation sites is 1. The summed E-state index contributed by atoms with van der Waals surface area (Å²) in [5, 5.41) is 0. The van der Waals surface area contributed by atoms with E-state index in [4.69, 9.17) is 4.74 Å². The average molecular weight is 214 g/mol. The Morgan fingerprint density at radius 2 is 2.31 bits per heavy atom. The van der Waals surface area contributed by atoms with Gasteiger partial charge in [0.2, 0.25) is 0 Å². The fraction of sp³-hybridized carbons (Fsp3) is 0.167. The van der Waals surface area contributed by atoms with E-state index in [1.165, 1.54) is 0 Å². The summed E-state index contributed by atoms with van der Waals surface area (Å²) in [7, 11) is 0.